The fraction of sp³-hybridized carbons (Fsp3) is 1.00. The van der Waals surface area contributed by atoms with Crippen LogP contribution >= 0.6 is 0 Å². The maximum atomic E-state index is 9.86. The fourth-order valence-electron chi connectivity index (χ4n) is 1.91. The number of hydrogen-bond donors (Lipinski definition) is 2. The topological polar surface area (TPSA) is 54.0 Å². The number of unbranched alkanes of at least 4 members (excludes halogenated alkanes) is 1. The van der Waals surface area contributed by atoms with Crippen molar-refractivity contribution in [2.75, 3.05) is 59.2 Å². The second-order valence-electron chi connectivity index (χ2n) is 4.74. The van der Waals surface area contributed by atoms with Crippen molar-refractivity contribution in [3.05, 3.63) is 0 Å². The van der Waals surface area contributed by atoms with Gasteiger partial charge >= 0.3 is 0 Å². The molecule has 5 heteroatoms. The average Bonchev–Trinajstić information content (AvgIpc) is 2.39. The summed E-state index contributed by atoms with van der Waals surface area (Å²) in [4.78, 5) is 2.24. The highest BCUT2D eigenvalue weighted by atomic mass is 16.5. The van der Waals surface area contributed by atoms with Crippen molar-refractivity contribution >= 4 is 0 Å². The van der Waals surface area contributed by atoms with Crippen LogP contribution in [0.5, 0.6) is 0 Å². The summed E-state index contributed by atoms with van der Waals surface area (Å²) in [5, 5.41) is 13.1. The zero-order valence-electron chi connectivity index (χ0n) is 11.6. The van der Waals surface area contributed by atoms with Crippen LogP contribution in [-0.2, 0) is 9.47 Å². The molecule has 5 nitrogen and oxygen atoms in total. The monoisotopic (exact) mass is 260 g/mol. The van der Waals surface area contributed by atoms with Crippen molar-refractivity contribution in [1.29, 1.82) is 0 Å². The lowest BCUT2D eigenvalue weighted by Gasteiger charge is -2.28. The Labute approximate surface area is 110 Å². The predicted octanol–water partition coefficient (Wildman–Crippen LogP) is 0.0858. The third-order valence-electron chi connectivity index (χ3n) is 3.02. The molecule has 108 valence electrons. The molecule has 1 aliphatic heterocycles. The molecule has 0 bridgehead atoms. The number of β-amino-alcohol motifs (C(OH)–C–C–N with tert-alkyl or cyclic N) is 1. The minimum Gasteiger partial charge on any atom is -0.390 e. The minimum atomic E-state index is -0.307. The molecule has 1 atom stereocenters. The maximum absolute atomic E-state index is 9.86. The van der Waals surface area contributed by atoms with Gasteiger partial charge in [-0.05, 0) is 6.42 Å². The van der Waals surface area contributed by atoms with E-state index in [4.69, 9.17) is 9.47 Å². The number of morpholine rings is 1. The number of nitrogens with zero attached hydrogens (tertiary/aromatic N) is 1. The number of hydrogen-bond acceptors (Lipinski definition) is 5. The molecule has 0 spiro atoms. The highest BCUT2D eigenvalue weighted by Gasteiger charge is 2.14. The van der Waals surface area contributed by atoms with Crippen LogP contribution in [0, 0.1) is 0 Å². The summed E-state index contributed by atoms with van der Waals surface area (Å²) in [5.41, 5.74) is 0. The molecule has 2 N–H and O–H groups in total. The Balaban J connectivity index is 1.88. The van der Waals surface area contributed by atoms with Crippen LogP contribution < -0.4 is 5.32 Å². The smallest absolute Gasteiger partial charge is 0.0791 e. The van der Waals surface area contributed by atoms with Crippen molar-refractivity contribution < 1.29 is 14.6 Å². The first kappa shape index (κ1) is 15.9. The summed E-state index contributed by atoms with van der Waals surface area (Å²) in [7, 11) is 0. The van der Waals surface area contributed by atoms with Crippen LogP contribution in [0.3, 0.4) is 0 Å². The van der Waals surface area contributed by atoms with Crippen molar-refractivity contribution in [2.24, 2.45) is 0 Å². The van der Waals surface area contributed by atoms with Crippen LogP contribution in [0.25, 0.3) is 0 Å². The van der Waals surface area contributed by atoms with Gasteiger partial charge in [-0.25, -0.2) is 0 Å². The fourth-order valence-corrected chi connectivity index (χ4v) is 1.91. The van der Waals surface area contributed by atoms with E-state index in [9.17, 15) is 5.11 Å². The molecule has 1 aliphatic rings. The van der Waals surface area contributed by atoms with E-state index < -0.39 is 0 Å². The summed E-state index contributed by atoms with van der Waals surface area (Å²) >= 11 is 0. The summed E-state index contributed by atoms with van der Waals surface area (Å²) in [6.45, 7) is 9.32. The van der Waals surface area contributed by atoms with Gasteiger partial charge < -0.3 is 19.9 Å². The molecule has 0 amide bonds. The van der Waals surface area contributed by atoms with Gasteiger partial charge in [0.05, 0.1) is 25.9 Å². The average molecular weight is 260 g/mol. The van der Waals surface area contributed by atoms with Crippen molar-refractivity contribution in [2.45, 2.75) is 25.9 Å². The van der Waals surface area contributed by atoms with Crippen LogP contribution in [0.15, 0.2) is 0 Å². The van der Waals surface area contributed by atoms with Gasteiger partial charge in [0.15, 0.2) is 0 Å². The van der Waals surface area contributed by atoms with Crippen LogP contribution in [0.2, 0.25) is 0 Å². The Hall–Kier alpha value is -0.200. The second kappa shape index (κ2) is 10.7. The molecule has 0 radical (unpaired) electrons. The molecular weight excluding hydrogens is 232 g/mol. The van der Waals surface area contributed by atoms with Gasteiger partial charge in [0.1, 0.15) is 0 Å². The van der Waals surface area contributed by atoms with E-state index in [1.807, 2.05) is 0 Å². The van der Waals surface area contributed by atoms with Gasteiger partial charge in [-0.15, -0.1) is 0 Å². The number of aliphatic hydroxyl groups excluding tert-OH is 1. The van der Waals surface area contributed by atoms with E-state index in [2.05, 4.69) is 17.1 Å². The maximum Gasteiger partial charge on any atom is 0.0791 e. The van der Waals surface area contributed by atoms with Crippen LogP contribution in [0.4, 0.5) is 0 Å². The molecule has 0 aromatic rings. The van der Waals surface area contributed by atoms with Gasteiger partial charge in [-0.3, -0.25) is 4.90 Å². The van der Waals surface area contributed by atoms with E-state index in [0.717, 1.165) is 59.0 Å². The van der Waals surface area contributed by atoms with Gasteiger partial charge in [0.2, 0.25) is 0 Å². The zero-order chi connectivity index (χ0) is 13.1. The molecule has 1 heterocycles. The summed E-state index contributed by atoms with van der Waals surface area (Å²) in [6.07, 6.45) is 1.99. The van der Waals surface area contributed by atoms with Crippen molar-refractivity contribution in [1.82, 2.24) is 10.2 Å². The van der Waals surface area contributed by atoms with Crippen molar-refractivity contribution in [3.63, 3.8) is 0 Å². The van der Waals surface area contributed by atoms with E-state index >= 15 is 0 Å². The molecule has 0 aromatic heterocycles. The second-order valence-corrected chi connectivity index (χ2v) is 4.74. The van der Waals surface area contributed by atoms with Crippen molar-refractivity contribution in [3.8, 4) is 0 Å². The lowest BCUT2D eigenvalue weighted by atomic mass is 10.3. The molecule has 1 unspecified atom stereocenters. The van der Waals surface area contributed by atoms with Gasteiger partial charge in [0.25, 0.3) is 0 Å². The molecule has 0 aliphatic carbocycles. The Morgan fingerprint density at radius 3 is 2.83 bits per heavy atom. The van der Waals surface area contributed by atoms with E-state index in [-0.39, 0.29) is 6.10 Å². The summed E-state index contributed by atoms with van der Waals surface area (Å²) in [5.74, 6) is 0. The first-order chi connectivity index (χ1) is 8.83. The third kappa shape index (κ3) is 8.00. The molecular formula is C13H28N2O3. The molecule has 1 saturated heterocycles. The number of aliphatic hydroxyl groups is 1. The molecule has 18 heavy (non-hydrogen) atoms. The van der Waals surface area contributed by atoms with Gasteiger partial charge in [-0.1, -0.05) is 13.3 Å². The summed E-state index contributed by atoms with van der Waals surface area (Å²) in [6, 6.07) is 0. The lowest BCUT2D eigenvalue weighted by Crippen LogP contribution is -2.44. The Kier molecular flexibility index (Phi) is 9.42. The zero-order valence-corrected chi connectivity index (χ0v) is 11.6. The van der Waals surface area contributed by atoms with E-state index in [1.165, 1.54) is 6.42 Å². The van der Waals surface area contributed by atoms with Crippen LogP contribution in [-0.4, -0.2) is 75.3 Å². The van der Waals surface area contributed by atoms with E-state index in [0.29, 0.717) is 6.54 Å². The van der Waals surface area contributed by atoms with E-state index in [1.54, 1.807) is 0 Å². The normalized spacial score (nSPS) is 19.0. The number of nitrogens with one attached hydrogen (secondary N) is 1. The lowest BCUT2D eigenvalue weighted by molar-refractivity contribution is 0.0146. The standard InChI is InChI=1S/C13H28N2O3/c1-2-3-7-17-8-4-14-11-13(16)12-15-5-9-18-10-6-15/h13-14,16H,2-12H2,1H3. The number of ether oxygens (including phenoxy) is 2. The SMILES string of the molecule is CCCCOCCNCC(O)CN1CCOCC1. The molecule has 0 aromatic carbocycles. The molecule has 1 fully saturated rings. The highest BCUT2D eigenvalue weighted by Crippen LogP contribution is 1.98. The summed E-state index contributed by atoms with van der Waals surface area (Å²) < 4.78 is 10.7. The largest absolute Gasteiger partial charge is 0.390 e. The Morgan fingerprint density at radius 2 is 2.11 bits per heavy atom. The first-order valence-electron chi connectivity index (χ1n) is 7.09. The molecule has 1 rings (SSSR count). The Bertz CT molecular complexity index is 187. The number of rotatable bonds is 10. The van der Waals surface area contributed by atoms with Crippen LogP contribution in [0.1, 0.15) is 19.8 Å². The quantitative estimate of drug-likeness (QED) is 0.545. The first-order valence-corrected chi connectivity index (χ1v) is 7.09. The predicted molar refractivity (Wildman–Crippen MR) is 71.9 cm³/mol. The molecule has 0 saturated carbocycles. The van der Waals surface area contributed by atoms with Gasteiger partial charge in [-0.2, -0.15) is 0 Å². The highest BCUT2D eigenvalue weighted by molar-refractivity contribution is 4.69. The van der Waals surface area contributed by atoms with Gasteiger partial charge in [0, 0.05) is 39.3 Å². The minimum absolute atomic E-state index is 0.307. The third-order valence-corrected chi connectivity index (χ3v) is 3.02. The Morgan fingerprint density at radius 1 is 1.33 bits per heavy atom.